The number of hydrogen-bond acceptors (Lipinski definition) is 6. The lowest BCUT2D eigenvalue weighted by molar-refractivity contribution is 0.104. The summed E-state index contributed by atoms with van der Waals surface area (Å²) in [6.45, 7) is 0. The summed E-state index contributed by atoms with van der Waals surface area (Å²) in [5.41, 5.74) is 2.08. The van der Waals surface area contributed by atoms with Crippen LogP contribution < -0.4 is 5.32 Å². The molecular weight excluding hydrogens is 418 g/mol. The van der Waals surface area contributed by atoms with Gasteiger partial charge in [-0.1, -0.05) is 60.1 Å². The predicted molar refractivity (Wildman–Crippen MR) is 121 cm³/mol. The van der Waals surface area contributed by atoms with Gasteiger partial charge in [-0.3, -0.25) is 4.79 Å². The molecule has 30 heavy (non-hydrogen) atoms. The number of nitrogens with zero attached hydrogens (tertiary/aromatic N) is 2. The minimum Gasteiger partial charge on any atom is -0.504 e. The van der Waals surface area contributed by atoms with E-state index < -0.39 is 0 Å². The van der Waals surface area contributed by atoms with Crippen LogP contribution in [0.1, 0.15) is 15.2 Å². The number of benzene rings is 3. The number of hydrogen-bond donors (Lipinski definition) is 2. The van der Waals surface area contributed by atoms with Gasteiger partial charge in [0, 0.05) is 16.3 Å². The number of thiophene rings is 1. The van der Waals surface area contributed by atoms with E-state index in [1.165, 1.54) is 0 Å². The van der Waals surface area contributed by atoms with Crippen molar-refractivity contribution in [3.8, 4) is 5.75 Å². The molecule has 0 saturated heterocycles. The van der Waals surface area contributed by atoms with Crippen LogP contribution in [-0.4, -0.2) is 10.9 Å². The smallest absolute Gasteiger partial charge is 0.206 e. The lowest BCUT2D eigenvalue weighted by Gasteiger charge is -2.04. The van der Waals surface area contributed by atoms with Crippen molar-refractivity contribution in [2.45, 2.75) is 0 Å². The van der Waals surface area contributed by atoms with Gasteiger partial charge in [0.15, 0.2) is 11.4 Å². The van der Waals surface area contributed by atoms with E-state index >= 15 is 0 Å². The normalized spacial score (nSPS) is 11.0. The fraction of sp³-hybridized carbons (Fsp3) is 0. The van der Waals surface area contributed by atoms with Crippen molar-refractivity contribution in [2.75, 3.05) is 5.32 Å². The van der Waals surface area contributed by atoms with Gasteiger partial charge in [0.1, 0.15) is 9.88 Å². The minimum atomic E-state index is -0.276. The number of azo groups is 1. The summed E-state index contributed by atoms with van der Waals surface area (Å²) in [4.78, 5) is 13.1. The van der Waals surface area contributed by atoms with Crippen LogP contribution in [0.4, 0.5) is 22.1 Å². The Balaban J connectivity index is 1.74. The third-order valence-corrected chi connectivity index (χ3v) is 5.56. The number of carbonyl (C=O) groups is 1. The quantitative estimate of drug-likeness (QED) is 0.244. The molecule has 3 aromatic carbocycles. The van der Waals surface area contributed by atoms with E-state index in [9.17, 15) is 9.90 Å². The van der Waals surface area contributed by atoms with Gasteiger partial charge in [0.25, 0.3) is 0 Å². The van der Waals surface area contributed by atoms with Crippen LogP contribution >= 0.6 is 22.9 Å². The molecule has 4 rings (SSSR count). The van der Waals surface area contributed by atoms with Crippen molar-refractivity contribution in [1.82, 2.24) is 0 Å². The average molecular weight is 434 g/mol. The van der Waals surface area contributed by atoms with Crippen LogP contribution in [0.5, 0.6) is 5.75 Å². The molecule has 1 aromatic heterocycles. The third kappa shape index (κ3) is 4.40. The molecule has 4 aromatic rings. The molecule has 0 unspecified atom stereocenters. The predicted octanol–water partition coefficient (Wildman–Crippen LogP) is 7.50. The van der Waals surface area contributed by atoms with Crippen LogP contribution in [-0.2, 0) is 0 Å². The number of para-hydroxylation sites is 1. The Morgan fingerprint density at radius 3 is 2.17 bits per heavy atom. The maximum atomic E-state index is 12.9. The van der Waals surface area contributed by atoms with Crippen LogP contribution in [0.3, 0.4) is 0 Å². The molecular formula is C23H16ClN3O2S. The van der Waals surface area contributed by atoms with Gasteiger partial charge in [-0.15, -0.1) is 16.5 Å². The number of anilines is 2. The maximum absolute atomic E-state index is 12.9. The molecule has 0 amide bonds. The lowest BCUT2D eigenvalue weighted by atomic mass is 10.1. The van der Waals surface area contributed by atoms with Crippen molar-refractivity contribution >= 4 is 50.8 Å². The molecule has 0 radical (unpaired) electrons. The Hall–Kier alpha value is -3.48. The highest BCUT2D eigenvalue weighted by atomic mass is 35.5. The molecule has 0 aliphatic carbocycles. The van der Waals surface area contributed by atoms with Crippen LogP contribution in [0.25, 0.3) is 0 Å². The molecule has 0 saturated carbocycles. The van der Waals surface area contributed by atoms with Gasteiger partial charge < -0.3 is 10.4 Å². The molecule has 0 bridgehead atoms. The highest BCUT2D eigenvalue weighted by molar-refractivity contribution is 7.19. The second kappa shape index (κ2) is 8.90. The fourth-order valence-electron chi connectivity index (χ4n) is 2.73. The highest BCUT2D eigenvalue weighted by Crippen LogP contribution is 2.48. The molecule has 7 heteroatoms. The summed E-state index contributed by atoms with van der Waals surface area (Å²) in [6.07, 6.45) is 0. The monoisotopic (exact) mass is 433 g/mol. The van der Waals surface area contributed by atoms with E-state index in [1.807, 2.05) is 36.4 Å². The van der Waals surface area contributed by atoms with E-state index in [1.54, 1.807) is 48.5 Å². The standard InChI is InChI=1S/C23H16ClN3O2S/c24-16-11-13-18(14-12-16)26-27-19-21(29)22(20(28)15-7-3-1-4-8-15)30-23(19)25-17-9-5-2-6-10-17/h1-14,25,29H. The average Bonchev–Trinajstić information content (AvgIpc) is 3.09. The van der Waals surface area contributed by atoms with Gasteiger partial charge in [-0.2, -0.15) is 5.11 Å². The molecule has 0 aliphatic rings. The number of ketones is 1. The Kier molecular flexibility index (Phi) is 5.88. The van der Waals surface area contributed by atoms with E-state index in [0.29, 0.717) is 21.3 Å². The Morgan fingerprint density at radius 2 is 1.50 bits per heavy atom. The molecule has 148 valence electrons. The summed E-state index contributed by atoms with van der Waals surface area (Å²) in [7, 11) is 0. The minimum absolute atomic E-state index is 0.199. The lowest BCUT2D eigenvalue weighted by Crippen LogP contribution is -1.97. The van der Waals surface area contributed by atoms with Crippen LogP contribution in [0, 0.1) is 0 Å². The molecule has 0 aliphatic heterocycles. The highest BCUT2D eigenvalue weighted by Gasteiger charge is 2.24. The number of rotatable bonds is 6. The van der Waals surface area contributed by atoms with E-state index in [-0.39, 0.29) is 22.1 Å². The van der Waals surface area contributed by atoms with E-state index in [0.717, 1.165) is 17.0 Å². The Bertz CT molecular complexity index is 1190. The topological polar surface area (TPSA) is 74.0 Å². The van der Waals surface area contributed by atoms with E-state index in [2.05, 4.69) is 15.5 Å². The first kappa shape index (κ1) is 19.8. The fourth-order valence-corrected chi connectivity index (χ4v) is 3.87. The zero-order chi connectivity index (χ0) is 20.9. The summed E-state index contributed by atoms with van der Waals surface area (Å²) in [5, 5.41) is 23.6. The number of halogens is 1. The van der Waals surface area contributed by atoms with Gasteiger partial charge >= 0.3 is 0 Å². The molecule has 5 nitrogen and oxygen atoms in total. The van der Waals surface area contributed by atoms with Crippen molar-refractivity contribution in [2.24, 2.45) is 10.2 Å². The maximum Gasteiger partial charge on any atom is 0.206 e. The Labute approximate surface area is 182 Å². The van der Waals surface area contributed by atoms with Gasteiger partial charge in [-0.05, 0) is 36.4 Å². The SMILES string of the molecule is O=C(c1ccccc1)c1sc(Nc2ccccc2)c(N=Nc2ccc(Cl)cc2)c1O. The molecule has 2 N–H and O–H groups in total. The first-order valence-corrected chi connectivity index (χ1v) is 10.3. The van der Waals surface area contributed by atoms with Crippen molar-refractivity contribution < 1.29 is 9.90 Å². The van der Waals surface area contributed by atoms with Crippen LogP contribution in [0.2, 0.25) is 5.02 Å². The van der Waals surface area contributed by atoms with Crippen LogP contribution in [0.15, 0.2) is 95.2 Å². The number of nitrogens with one attached hydrogen (secondary N) is 1. The molecule has 0 spiro atoms. The van der Waals surface area contributed by atoms with Gasteiger partial charge in [-0.25, -0.2) is 0 Å². The summed E-state index contributed by atoms with van der Waals surface area (Å²) in [5.74, 6) is -0.479. The largest absolute Gasteiger partial charge is 0.504 e. The molecule has 1 heterocycles. The molecule has 0 fully saturated rings. The first-order valence-electron chi connectivity index (χ1n) is 9.06. The Morgan fingerprint density at radius 1 is 0.867 bits per heavy atom. The summed E-state index contributed by atoms with van der Waals surface area (Å²) < 4.78 is 0. The van der Waals surface area contributed by atoms with Crippen molar-refractivity contribution in [1.29, 1.82) is 0 Å². The van der Waals surface area contributed by atoms with E-state index in [4.69, 9.17) is 11.6 Å². The second-order valence-corrected chi connectivity index (χ2v) is 7.78. The van der Waals surface area contributed by atoms with Gasteiger partial charge in [0.2, 0.25) is 5.78 Å². The summed E-state index contributed by atoms with van der Waals surface area (Å²) >= 11 is 7.04. The van der Waals surface area contributed by atoms with Crippen molar-refractivity contribution in [3.63, 3.8) is 0 Å². The zero-order valence-corrected chi connectivity index (χ0v) is 17.2. The number of aromatic hydroxyl groups is 1. The summed E-state index contributed by atoms with van der Waals surface area (Å²) in [6, 6.07) is 25.1. The van der Waals surface area contributed by atoms with Crippen molar-refractivity contribution in [3.05, 3.63) is 100 Å². The van der Waals surface area contributed by atoms with Gasteiger partial charge in [0.05, 0.1) is 5.69 Å². The first-order chi connectivity index (χ1) is 14.6. The third-order valence-electron chi connectivity index (χ3n) is 4.22. The second-order valence-electron chi connectivity index (χ2n) is 6.32. The zero-order valence-electron chi connectivity index (χ0n) is 15.6. The number of carbonyl (C=O) groups excluding carboxylic acids is 1. The molecule has 0 atom stereocenters.